The molecule has 0 aliphatic carbocycles. The van der Waals surface area contributed by atoms with Crippen molar-refractivity contribution in [2.24, 2.45) is 0 Å². The van der Waals surface area contributed by atoms with Crippen LogP contribution in [0, 0.1) is 0 Å². The number of anilines is 2. The SMILES string of the molecule is OCN1C=CNc2ccccc21. The highest BCUT2D eigenvalue weighted by molar-refractivity contribution is 5.74. The van der Waals surface area contributed by atoms with Crippen molar-refractivity contribution in [2.45, 2.75) is 0 Å². The van der Waals surface area contributed by atoms with Gasteiger partial charge in [-0.25, -0.2) is 0 Å². The van der Waals surface area contributed by atoms with Crippen LogP contribution in [0.3, 0.4) is 0 Å². The molecule has 0 amide bonds. The number of nitrogens with one attached hydrogen (secondary N) is 1. The lowest BCUT2D eigenvalue weighted by Gasteiger charge is -2.24. The molecule has 0 saturated carbocycles. The number of para-hydroxylation sites is 2. The van der Waals surface area contributed by atoms with Crippen LogP contribution in [0.1, 0.15) is 0 Å². The summed E-state index contributed by atoms with van der Waals surface area (Å²) in [7, 11) is 0. The minimum Gasteiger partial charge on any atom is -0.376 e. The van der Waals surface area contributed by atoms with Gasteiger partial charge in [-0.1, -0.05) is 12.1 Å². The van der Waals surface area contributed by atoms with Crippen LogP contribution in [-0.2, 0) is 0 Å². The van der Waals surface area contributed by atoms with E-state index in [2.05, 4.69) is 5.32 Å². The number of rotatable bonds is 1. The van der Waals surface area contributed by atoms with Gasteiger partial charge < -0.3 is 15.3 Å². The third-order valence-electron chi connectivity index (χ3n) is 1.86. The van der Waals surface area contributed by atoms with Crippen molar-refractivity contribution >= 4 is 11.4 Å². The van der Waals surface area contributed by atoms with Gasteiger partial charge >= 0.3 is 0 Å². The molecular weight excluding hydrogens is 152 g/mol. The Morgan fingerprint density at radius 2 is 2.17 bits per heavy atom. The van der Waals surface area contributed by atoms with Crippen molar-refractivity contribution in [2.75, 3.05) is 16.9 Å². The zero-order valence-corrected chi connectivity index (χ0v) is 6.57. The molecule has 0 saturated heterocycles. The standard InChI is InChI=1S/C9H10N2O/c12-7-11-6-5-10-8-3-1-2-4-9(8)11/h1-6,10,12H,7H2. The number of hydrogen-bond donors (Lipinski definition) is 2. The molecule has 0 fully saturated rings. The summed E-state index contributed by atoms with van der Waals surface area (Å²) in [4.78, 5) is 1.77. The number of aliphatic hydroxyl groups excluding tert-OH is 1. The number of aliphatic hydroxyl groups is 1. The van der Waals surface area contributed by atoms with Gasteiger partial charge in [-0.15, -0.1) is 0 Å². The van der Waals surface area contributed by atoms with Gasteiger partial charge in [0, 0.05) is 12.4 Å². The monoisotopic (exact) mass is 162 g/mol. The Kier molecular flexibility index (Phi) is 1.72. The van der Waals surface area contributed by atoms with E-state index in [1.54, 1.807) is 11.1 Å². The topological polar surface area (TPSA) is 35.5 Å². The molecule has 62 valence electrons. The first-order valence-electron chi connectivity index (χ1n) is 3.81. The van der Waals surface area contributed by atoms with Gasteiger partial charge in [-0.3, -0.25) is 0 Å². The highest BCUT2D eigenvalue weighted by Crippen LogP contribution is 2.27. The summed E-state index contributed by atoms with van der Waals surface area (Å²) in [5.41, 5.74) is 2.02. The normalized spacial score (nSPS) is 13.9. The Bertz CT molecular complexity index is 309. The molecule has 1 aliphatic rings. The van der Waals surface area contributed by atoms with E-state index in [-0.39, 0.29) is 6.73 Å². The molecule has 1 heterocycles. The fourth-order valence-corrected chi connectivity index (χ4v) is 1.27. The van der Waals surface area contributed by atoms with Crippen molar-refractivity contribution in [3.63, 3.8) is 0 Å². The molecule has 1 aromatic carbocycles. The largest absolute Gasteiger partial charge is 0.376 e. The number of fused-ring (bicyclic) bond motifs is 1. The van der Waals surface area contributed by atoms with E-state index in [1.165, 1.54) is 0 Å². The van der Waals surface area contributed by atoms with E-state index in [4.69, 9.17) is 5.11 Å². The fourth-order valence-electron chi connectivity index (χ4n) is 1.27. The molecule has 1 aliphatic heterocycles. The predicted molar refractivity (Wildman–Crippen MR) is 48.8 cm³/mol. The van der Waals surface area contributed by atoms with Gasteiger partial charge in [-0.2, -0.15) is 0 Å². The molecule has 2 rings (SSSR count). The molecule has 0 spiro atoms. The summed E-state index contributed by atoms with van der Waals surface area (Å²) < 4.78 is 0. The van der Waals surface area contributed by atoms with Crippen molar-refractivity contribution in [3.8, 4) is 0 Å². The summed E-state index contributed by atoms with van der Waals surface area (Å²) >= 11 is 0. The van der Waals surface area contributed by atoms with Crippen LogP contribution >= 0.6 is 0 Å². The maximum Gasteiger partial charge on any atom is 0.119 e. The van der Waals surface area contributed by atoms with Crippen LogP contribution in [0.4, 0.5) is 11.4 Å². The first-order valence-corrected chi connectivity index (χ1v) is 3.81. The lowest BCUT2D eigenvalue weighted by Crippen LogP contribution is -2.21. The third kappa shape index (κ3) is 1.04. The molecule has 12 heavy (non-hydrogen) atoms. The summed E-state index contributed by atoms with van der Waals surface area (Å²) in [6.07, 6.45) is 3.61. The molecular formula is C9H10N2O. The quantitative estimate of drug-likeness (QED) is 0.654. The molecule has 0 bridgehead atoms. The zero-order chi connectivity index (χ0) is 8.39. The smallest absolute Gasteiger partial charge is 0.119 e. The predicted octanol–water partition coefficient (Wildman–Crippen LogP) is 1.34. The highest BCUT2D eigenvalue weighted by Gasteiger charge is 2.09. The first-order chi connectivity index (χ1) is 5.92. The highest BCUT2D eigenvalue weighted by atomic mass is 16.3. The molecule has 0 unspecified atom stereocenters. The average Bonchev–Trinajstić information content (AvgIpc) is 2.17. The number of benzene rings is 1. The Balaban J connectivity index is 2.43. The summed E-state index contributed by atoms with van der Waals surface area (Å²) in [6, 6.07) is 7.84. The Morgan fingerprint density at radius 3 is 3.00 bits per heavy atom. The minimum absolute atomic E-state index is 0.00912. The van der Waals surface area contributed by atoms with E-state index < -0.39 is 0 Å². The van der Waals surface area contributed by atoms with E-state index in [1.807, 2.05) is 30.5 Å². The van der Waals surface area contributed by atoms with Gasteiger partial charge in [0.2, 0.25) is 0 Å². The van der Waals surface area contributed by atoms with E-state index in [0.717, 1.165) is 11.4 Å². The van der Waals surface area contributed by atoms with Gasteiger partial charge in [0.25, 0.3) is 0 Å². The molecule has 0 aromatic heterocycles. The van der Waals surface area contributed by atoms with Crippen LogP contribution in [0.5, 0.6) is 0 Å². The molecule has 3 nitrogen and oxygen atoms in total. The van der Waals surface area contributed by atoms with Gasteiger partial charge in [0.05, 0.1) is 11.4 Å². The van der Waals surface area contributed by atoms with E-state index in [9.17, 15) is 0 Å². The van der Waals surface area contributed by atoms with Gasteiger partial charge in [0.1, 0.15) is 6.73 Å². The summed E-state index contributed by atoms with van der Waals surface area (Å²) in [5.74, 6) is 0. The van der Waals surface area contributed by atoms with Crippen LogP contribution in [-0.4, -0.2) is 11.8 Å². The van der Waals surface area contributed by atoms with Crippen LogP contribution in [0.2, 0.25) is 0 Å². The van der Waals surface area contributed by atoms with Crippen molar-refractivity contribution in [3.05, 3.63) is 36.7 Å². The fraction of sp³-hybridized carbons (Fsp3) is 0.111. The second-order valence-corrected chi connectivity index (χ2v) is 2.59. The Morgan fingerprint density at radius 1 is 1.33 bits per heavy atom. The molecule has 1 aromatic rings. The summed E-state index contributed by atoms with van der Waals surface area (Å²) in [6.45, 7) is 0.00912. The van der Waals surface area contributed by atoms with Crippen molar-refractivity contribution < 1.29 is 5.11 Å². The van der Waals surface area contributed by atoms with E-state index in [0.29, 0.717) is 0 Å². The number of nitrogens with zero attached hydrogens (tertiary/aromatic N) is 1. The molecule has 2 N–H and O–H groups in total. The van der Waals surface area contributed by atoms with Crippen LogP contribution in [0.15, 0.2) is 36.7 Å². The average molecular weight is 162 g/mol. The van der Waals surface area contributed by atoms with Crippen molar-refractivity contribution in [1.82, 2.24) is 0 Å². The second kappa shape index (κ2) is 2.87. The second-order valence-electron chi connectivity index (χ2n) is 2.59. The lowest BCUT2D eigenvalue weighted by molar-refractivity contribution is 0.303. The Hall–Kier alpha value is -1.48. The van der Waals surface area contributed by atoms with Crippen molar-refractivity contribution in [1.29, 1.82) is 0 Å². The number of hydrogen-bond acceptors (Lipinski definition) is 3. The maximum absolute atomic E-state index is 8.98. The van der Waals surface area contributed by atoms with Crippen LogP contribution in [0.25, 0.3) is 0 Å². The van der Waals surface area contributed by atoms with Gasteiger partial charge in [-0.05, 0) is 12.1 Å². The molecule has 3 heteroatoms. The minimum atomic E-state index is 0.00912. The van der Waals surface area contributed by atoms with E-state index >= 15 is 0 Å². The molecule has 0 atom stereocenters. The summed E-state index contributed by atoms with van der Waals surface area (Å²) in [5, 5.41) is 12.1. The molecule has 0 radical (unpaired) electrons. The Labute approximate surface area is 70.9 Å². The zero-order valence-electron chi connectivity index (χ0n) is 6.57. The third-order valence-corrected chi connectivity index (χ3v) is 1.86. The maximum atomic E-state index is 8.98. The first kappa shape index (κ1) is 7.18. The lowest BCUT2D eigenvalue weighted by atomic mass is 10.2. The van der Waals surface area contributed by atoms with Gasteiger partial charge in [0.15, 0.2) is 0 Å². The van der Waals surface area contributed by atoms with Crippen LogP contribution < -0.4 is 10.2 Å².